The third kappa shape index (κ3) is 45.6. The summed E-state index contributed by atoms with van der Waals surface area (Å²) in [5.41, 5.74) is 0. The zero-order chi connectivity index (χ0) is 19.8. The molecule has 0 unspecified atom stereocenters. The summed E-state index contributed by atoms with van der Waals surface area (Å²) < 4.78 is 0. The molecule has 0 saturated heterocycles. The van der Waals surface area contributed by atoms with E-state index in [2.05, 4.69) is 39.4 Å². The second kappa shape index (κ2) is 29.5. The number of halogens is 2. The van der Waals surface area contributed by atoms with Gasteiger partial charge in [-0.1, -0.05) is 78.1 Å². The van der Waals surface area contributed by atoms with Gasteiger partial charge in [0, 0.05) is 12.8 Å². The molecule has 0 aliphatic carbocycles. The second-order valence-electron chi connectivity index (χ2n) is 5.88. The smallest absolute Gasteiger partial charge is 0.303 e. The van der Waals surface area contributed by atoms with Crippen LogP contribution in [0.25, 0.3) is 0 Å². The van der Waals surface area contributed by atoms with Gasteiger partial charge in [-0.25, -0.2) is 0 Å². The first kappa shape index (κ1) is 30.4. The fourth-order valence-electron chi connectivity index (χ4n) is 2.11. The molecule has 152 valence electrons. The maximum atomic E-state index is 10.1. The minimum atomic E-state index is -0.666. The summed E-state index contributed by atoms with van der Waals surface area (Å²) in [7, 11) is 0. The van der Waals surface area contributed by atoms with Crippen molar-refractivity contribution in [2.45, 2.75) is 104 Å². The van der Waals surface area contributed by atoms with E-state index in [1.165, 1.54) is 51.4 Å². The average molecular weight is 604 g/mol. The molecule has 2 N–H and O–H groups in total. The molecule has 0 bridgehead atoms. The molecule has 0 aromatic carbocycles. The van der Waals surface area contributed by atoms with Gasteiger partial charge in [-0.2, -0.15) is 0 Å². The number of hydrogen-bond acceptors (Lipinski definition) is 2. The topological polar surface area (TPSA) is 74.6 Å². The molecule has 0 atom stereocenters. The van der Waals surface area contributed by atoms with E-state index >= 15 is 0 Å². The fraction of sp³-hybridized carbons (Fsp3) is 0.889. The van der Waals surface area contributed by atoms with Gasteiger partial charge in [-0.3, -0.25) is 9.59 Å². The first-order valence-corrected chi connectivity index (χ1v) is 19.7. The minimum Gasteiger partial charge on any atom is -0.481 e. The minimum absolute atomic E-state index is 0.0950. The SMILES string of the molecule is Br[Te]Br.CCCCCCCCC(=O)O.CCCCCCCCC(=O)O. The molecule has 4 nitrogen and oxygen atoms in total. The Morgan fingerprint density at radius 3 is 1.12 bits per heavy atom. The maximum Gasteiger partial charge on any atom is 0.303 e. The molecule has 0 amide bonds. The van der Waals surface area contributed by atoms with E-state index in [-0.39, 0.29) is 16.5 Å². The zero-order valence-electron chi connectivity index (χ0n) is 15.8. The number of carboxylic acids is 2. The van der Waals surface area contributed by atoms with Crippen LogP contribution >= 0.6 is 25.5 Å². The molecule has 7 heteroatoms. The van der Waals surface area contributed by atoms with Crippen molar-refractivity contribution in [1.82, 2.24) is 0 Å². The summed E-state index contributed by atoms with van der Waals surface area (Å²) in [6.07, 6.45) is 14.5. The third-order valence-corrected chi connectivity index (χ3v) is 3.49. The number of carbonyl (C=O) groups is 2. The zero-order valence-corrected chi connectivity index (χ0v) is 21.3. The first-order chi connectivity index (χ1) is 12.0. The summed E-state index contributed by atoms with van der Waals surface area (Å²) in [5.74, 6) is -1.33. The molecular weight excluding hydrogens is 568 g/mol. The van der Waals surface area contributed by atoms with Crippen LogP contribution in [0.15, 0.2) is 0 Å². The van der Waals surface area contributed by atoms with Crippen LogP contribution in [0.1, 0.15) is 104 Å². The molecule has 0 aliphatic rings. The fourth-order valence-corrected chi connectivity index (χ4v) is 2.11. The molecular formula is C18H36Br2O4Te. The average Bonchev–Trinajstić information content (AvgIpc) is 2.55. The van der Waals surface area contributed by atoms with Crippen LogP contribution in [0.4, 0.5) is 0 Å². The normalized spacial score (nSPS) is 9.44. The van der Waals surface area contributed by atoms with Crippen LogP contribution in [0, 0.1) is 0 Å². The van der Waals surface area contributed by atoms with Crippen LogP contribution in [-0.4, -0.2) is 38.7 Å². The molecule has 0 spiro atoms. The Labute approximate surface area is 176 Å². The second-order valence-corrected chi connectivity index (χ2v) is 16.4. The van der Waals surface area contributed by atoms with E-state index in [0.29, 0.717) is 12.8 Å². The number of unbranched alkanes of at least 4 members (excludes halogenated alkanes) is 10. The van der Waals surface area contributed by atoms with Crippen molar-refractivity contribution in [3.63, 3.8) is 0 Å². The maximum absolute atomic E-state index is 10.1. The monoisotopic (exact) mass is 604 g/mol. The van der Waals surface area contributed by atoms with Gasteiger partial charge in [0.1, 0.15) is 0 Å². The van der Waals surface area contributed by atoms with Crippen molar-refractivity contribution in [2.75, 3.05) is 0 Å². The van der Waals surface area contributed by atoms with E-state index < -0.39 is 11.9 Å². The van der Waals surface area contributed by atoms with Gasteiger partial charge in [-0.15, -0.1) is 0 Å². The van der Waals surface area contributed by atoms with Crippen LogP contribution in [-0.2, 0) is 9.59 Å². The molecule has 0 radical (unpaired) electrons. The molecule has 0 saturated carbocycles. The Bertz CT molecular complexity index is 254. The van der Waals surface area contributed by atoms with Gasteiger partial charge in [-0.05, 0) is 12.8 Å². The standard InChI is InChI=1S/2C9H18O2.Br2Te/c2*1-2-3-4-5-6-7-8-9(10)11;1-3-2/h2*2-8H2,1H3,(H,10,11);. The molecule has 0 aliphatic heterocycles. The van der Waals surface area contributed by atoms with Crippen molar-refractivity contribution in [2.24, 2.45) is 0 Å². The Hall–Kier alpha value is 0.690. The first-order valence-electron chi connectivity index (χ1n) is 9.29. The van der Waals surface area contributed by atoms with Gasteiger partial charge in [0.25, 0.3) is 0 Å². The van der Waals surface area contributed by atoms with Gasteiger partial charge < -0.3 is 10.2 Å². The summed E-state index contributed by atoms with van der Waals surface area (Å²) in [6.45, 7) is 4.36. The Kier molecular flexibility index (Phi) is 35.8. The van der Waals surface area contributed by atoms with E-state index in [0.717, 1.165) is 25.7 Å². The van der Waals surface area contributed by atoms with E-state index in [1.54, 1.807) is 0 Å². The van der Waals surface area contributed by atoms with Crippen molar-refractivity contribution in [3.05, 3.63) is 0 Å². The predicted octanol–water partition coefficient (Wildman–Crippen LogP) is 6.95. The summed E-state index contributed by atoms with van der Waals surface area (Å²) in [5, 5.41) is 16.6. The van der Waals surface area contributed by atoms with E-state index in [4.69, 9.17) is 10.2 Å². The molecule has 0 rings (SSSR count). The Morgan fingerprint density at radius 2 is 0.880 bits per heavy atom. The largest absolute Gasteiger partial charge is 0.481 e. The quantitative estimate of drug-likeness (QED) is 0.166. The third-order valence-electron chi connectivity index (χ3n) is 3.49. The van der Waals surface area contributed by atoms with Crippen molar-refractivity contribution < 1.29 is 19.8 Å². The number of rotatable bonds is 14. The Balaban J connectivity index is -0.000000334. The predicted molar refractivity (Wildman–Crippen MR) is 115 cm³/mol. The van der Waals surface area contributed by atoms with Crippen molar-refractivity contribution >= 4 is 54.0 Å². The van der Waals surface area contributed by atoms with Crippen LogP contribution in [0.3, 0.4) is 0 Å². The number of aliphatic carboxylic acids is 2. The van der Waals surface area contributed by atoms with Gasteiger partial charge >= 0.3 is 54.0 Å². The van der Waals surface area contributed by atoms with E-state index in [1.807, 2.05) is 0 Å². The Morgan fingerprint density at radius 1 is 0.640 bits per heavy atom. The number of carboxylic acid groups (broad SMARTS) is 2. The number of hydrogen-bond donors (Lipinski definition) is 2. The molecule has 0 aromatic heterocycles. The molecule has 25 heavy (non-hydrogen) atoms. The van der Waals surface area contributed by atoms with Gasteiger partial charge in [0.05, 0.1) is 0 Å². The van der Waals surface area contributed by atoms with Crippen molar-refractivity contribution in [1.29, 1.82) is 0 Å². The molecule has 0 aromatic rings. The van der Waals surface area contributed by atoms with Crippen LogP contribution in [0.2, 0.25) is 0 Å². The van der Waals surface area contributed by atoms with Gasteiger partial charge in [0.2, 0.25) is 0 Å². The van der Waals surface area contributed by atoms with Crippen LogP contribution in [0.5, 0.6) is 0 Å². The van der Waals surface area contributed by atoms with Gasteiger partial charge in [0.15, 0.2) is 0 Å². The van der Waals surface area contributed by atoms with E-state index in [9.17, 15) is 9.59 Å². The summed E-state index contributed by atoms with van der Waals surface area (Å²) >= 11 is 6.48. The van der Waals surface area contributed by atoms with Crippen molar-refractivity contribution in [3.8, 4) is 0 Å². The summed E-state index contributed by atoms with van der Waals surface area (Å²) in [6, 6.07) is 0. The van der Waals surface area contributed by atoms with Crippen LogP contribution < -0.4 is 0 Å². The molecule has 0 heterocycles. The summed E-state index contributed by atoms with van der Waals surface area (Å²) in [4.78, 5) is 20.2. The molecule has 0 fully saturated rings.